The van der Waals surface area contributed by atoms with Gasteiger partial charge in [0.2, 0.25) is 0 Å². The van der Waals surface area contributed by atoms with Crippen molar-refractivity contribution in [2.75, 3.05) is 14.2 Å². The second-order valence-electron chi connectivity index (χ2n) is 5.12. The summed E-state index contributed by atoms with van der Waals surface area (Å²) in [7, 11) is 2.99. The second kappa shape index (κ2) is 5.29. The summed E-state index contributed by atoms with van der Waals surface area (Å²) in [5.41, 5.74) is -0.0318. The van der Waals surface area contributed by atoms with Crippen LogP contribution in [0.4, 0.5) is 0 Å². The van der Waals surface area contributed by atoms with Crippen LogP contribution < -0.4 is 0 Å². The van der Waals surface area contributed by atoms with E-state index in [1.165, 1.54) is 7.11 Å². The normalized spacial score (nSPS) is 33.4. The molecule has 0 N–H and O–H groups in total. The third-order valence-electron chi connectivity index (χ3n) is 4.18. The number of ether oxygens (including phenoxy) is 2. The van der Waals surface area contributed by atoms with Crippen molar-refractivity contribution in [3.8, 4) is 0 Å². The molecule has 4 nitrogen and oxygen atoms in total. The van der Waals surface area contributed by atoms with Gasteiger partial charge in [0, 0.05) is 22.7 Å². The van der Waals surface area contributed by atoms with Crippen LogP contribution in [0, 0.1) is 0 Å². The molecule has 0 saturated carbocycles. The molecule has 6 heteroatoms. The third kappa shape index (κ3) is 2.01. The second-order valence-corrected chi connectivity index (χ2v) is 5.93. The van der Waals surface area contributed by atoms with E-state index in [1.807, 2.05) is 17.1 Å². The van der Waals surface area contributed by atoms with Crippen molar-refractivity contribution in [2.24, 2.45) is 0 Å². The van der Waals surface area contributed by atoms with Crippen LogP contribution in [0.25, 0.3) is 0 Å². The van der Waals surface area contributed by atoms with E-state index in [2.05, 4.69) is 0 Å². The Labute approximate surface area is 133 Å². The molecule has 2 aliphatic heterocycles. The number of benzene rings is 1. The van der Waals surface area contributed by atoms with Gasteiger partial charge in [-0.15, -0.1) is 0 Å². The van der Waals surface area contributed by atoms with Gasteiger partial charge in [0.25, 0.3) is 0 Å². The molecule has 1 saturated heterocycles. The lowest BCUT2D eigenvalue weighted by molar-refractivity contribution is -0.146. The molecular weight excluding hydrogens is 313 g/mol. The van der Waals surface area contributed by atoms with Crippen LogP contribution in [0.15, 0.2) is 30.4 Å². The average molecular weight is 328 g/mol. The SMILES string of the molecule is COC(=O)[C@@]12CC=C[C@H](OC)N1[C@H]2c1c(Cl)cccc1Cl. The van der Waals surface area contributed by atoms with Gasteiger partial charge in [-0.2, -0.15) is 0 Å². The number of esters is 1. The standard InChI is InChI=1S/C15H15Cl2NO3/c1-20-11-7-4-8-15(14(19)21-2)13(18(11)15)12-9(16)5-3-6-10(12)17/h3-7,11,13H,8H2,1-2H3/t11-,13-,15-,18?/m0/s1. The molecule has 2 heterocycles. The number of carbonyl (C=O) groups excluding carboxylic acids is 1. The summed E-state index contributed by atoms with van der Waals surface area (Å²) in [6, 6.07) is 5.08. The van der Waals surface area contributed by atoms with Crippen LogP contribution in [-0.4, -0.2) is 36.9 Å². The predicted octanol–water partition coefficient (Wildman–Crippen LogP) is 3.19. The van der Waals surface area contributed by atoms with Crippen molar-refractivity contribution in [2.45, 2.75) is 24.2 Å². The Hall–Kier alpha value is -1.07. The van der Waals surface area contributed by atoms with Gasteiger partial charge in [0.15, 0.2) is 0 Å². The predicted molar refractivity (Wildman–Crippen MR) is 80.3 cm³/mol. The van der Waals surface area contributed by atoms with Gasteiger partial charge in [-0.25, -0.2) is 9.69 Å². The zero-order chi connectivity index (χ0) is 15.2. The van der Waals surface area contributed by atoms with Gasteiger partial charge < -0.3 is 9.47 Å². The van der Waals surface area contributed by atoms with Crippen LogP contribution in [0.2, 0.25) is 10.0 Å². The lowest BCUT2D eigenvalue weighted by Crippen LogP contribution is -2.37. The smallest absolute Gasteiger partial charge is 0.328 e. The van der Waals surface area contributed by atoms with E-state index < -0.39 is 5.54 Å². The molecule has 0 spiro atoms. The van der Waals surface area contributed by atoms with Crippen LogP contribution in [0.3, 0.4) is 0 Å². The maximum Gasteiger partial charge on any atom is 0.328 e. The van der Waals surface area contributed by atoms with E-state index >= 15 is 0 Å². The number of hydrogen-bond donors (Lipinski definition) is 0. The fourth-order valence-corrected chi connectivity index (χ4v) is 3.82. The zero-order valence-corrected chi connectivity index (χ0v) is 13.2. The van der Waals surface area contributed by atoms with Gasteiger partial charge in [-0.3, -0.25) is 0 Å². The summed E-state index contributed by atoms with van der Waals surface area (Å²) in [5.74, 6) is -0.296. The highest BCUT2D eigenvalue weighted by Gasteiger charge is 2.72. The van der Waals surface area contributed by atoms with Crippen molar-refractivity contribution < 1.29 is 14.3 Å². The topological polar surface area (TPSA) is 38.5 Å². The van der Waals surface area contributed by atoms with E-state index in [0.29, 0.717) is 16.5 Å². The molecule has 0 amide bonds. The zero-order valence-electron chi connectivity index (χ0n) is 11.7. The molecule has 112 valence electrons. The molecule has 1 fully saturated rings. The molecule has 21 heavy (non-hydrogen) atoms. The fourth-order valence-electron chi connectivity index (χ4n) is 3.22. The number of carbonyl (C=O) groups is 1. The maximum absolute atomic E-state index is 12.4. The highest BCUT2D eigenvalue weighted by Crippen LogP contribution is 2.61. The van der Waals surface area contributed by atoms with Gasteiger partial charge in [-0.05, 0) is 24.6 Å². The Morgan fingerprint density at radius 2 is 2.00 bits per heavy atom. The highest BCUT2D eigenvalue weighted by atomic mass is 35.5. The third-order valence-corrected chi connectivity index (χ3v) is 4.84. The van der Waals surface area contributed by atoms with Crippen LogP contribution >= 0.6 is 23.2 Å². The molecule has 1 aromatic carbocycles. The molecular formula is C15H15Cl2NO3. The largest absolute Gasteiger partial charge is 0.468 e. The number of methoxy groups -OCH3 is 2. The Morgan fingerprint density at radius 1 is 1.33 bits per heavy atom. The minimum atomic E-state index is -0.779. The minimum absolute atomic E-state index is 0.244. The highest BCUT2D eigenvalue weighted by molar-refractivity contribution is 6.36. The van der Waals surface area contributed by atoms with Crippen molar-refractivity contribution in [3.05, 3.63) is 46.0 Å². The summed E-state index contributed by atoms with van der Waals surface area (Å²) in [6.45, 7) is 0. The Bertz CT molecular complexity index is 599. The summed E-state index contributed by atoms with van der Waals surface area (Å²) in [6.07, 6.45) is 4.11. The van der Waals surface area contributed by atoms with Gasteiger partial charge in [0.1, 0.15) is 11.8 Å². The Balaban J connectivity index is 2.09. The number of fused-ring (bicyclic) bond motifs is 1. The van der Waals surface area contributed by atoms with E-state index in [9.17, 15) is 4.79 Å². The average Bonchev–Trinajstić information content (AvgIpc) is 3.16. The Morgan fingerprint density at radius 3 is 2.57 bits per heavy atom. The first kappa shape index (κ1) is 14.9. The van der Waals surface area contributed by atoms with Crippen molar-refractivity contribution in [1.82, 2.24) is 4.90 Å². The molecule has 2 aliphatic rings. The van der Waals surface area contributed by atoms with Gasteiger partial charge >= 0.3 is 5.97 Å². The van der Waals surface area contributed by atoms with E-state index in [-0.39, 0.29) is 18.2 Å². The van der Waals surface area contributed by atoms with Crippen LogP contribution in [0.1, 0.15) is 18.0 Å². The van der Waals surface area contributed by atoms with Gasteiger partial charge in [-0.1, -0.05) is 35.3 Å². The number of nitrogens with zero attached hydrogens (tertiary/aromatic N) is 1. The summed E-state index contributed by atoms with van der Waals surface area (Å²) in [4.78, 5) is 14.3. The molecule has 0 aliphatic carbocycles. The molecule has 4 atom stereocenters. The lowest BCUT2D eigenvalue weighted by atomic mass is 9.95. The molecule has 1 aromatic rings. The molecule has 0 aromatic heterocycles. The molecule has 1 unspecified atom stereocenters. The first-order valence-corrected chi connectivity index (χ1v) is 7.33. The lowest BCUT2D eigenvalue weighted by Gasteiger charge is -2.22. The van der Waals surface area contributed by atoms with Gasteiger partial charge in [0.05, 0.1) is 13.2 Å². The summed E-state index contributed by atoms with van der Waals surface area (Å²) < 4.78 is 10.4. The number of halogens is 2. The number of rotatable bonds is 3. The molecule has 0 bridgehead atoms. The van der Waals surface area contributed by atoms with E-state index in [0.717, 1.165) is 5.56 Å². The van der Waals surface area contributed by atoms with Crippen LogP contribution in [-0.2, 0) is 14.3 Å². The Kier molecular flexibility index (Phi) is 3.74. The molecule has 0 radical (unpaired) electrons. The van der Waals surface area contributed by atoms with E-state index in [1.54, 1.807) is 25.3 Å². The van der Waals surface area contributed by atoms with Crippen molar-refractivity contribution in [1.29, 1.82) is 0 Å². The first-order chi connectivity index (χ1) is 10.1. The van der Waals surface area contributed by atoms with E-state index in [4.69, 9.17) is 32.7 Å². The monoisotopic (exact) mass is 327 g/mol. The fraction of sp³-hybridized carbons (Fsp3) is 0.400. The summed E-state index contributed by atoms with van der Waals surface area (Å²) in [5, 5.41) is 1.08. The first-order valence-electron chi connectivity index (χ1n) is 6.58. The minimum Gasteiger partial charge on any atom is -0.468 e. The van der Waals surface area contributed by atoms with Crippen molar-refractivity contribution >= 4 is 29.2 Å². The van der Waals surface area contributed by atoms with Crippen LogP contribution in [0.5, 0.6) is 0 Å². The maximum atomic E-state index is 12.4. The number of hydrogen-bond acceptors (Lipinski definition) is 4. The molecule has 3 rings (SSSR count). The van der Waals surface area contributed by atoms with Crippen molar-refractivity contribution in [3.63, 3.8) is 0 Å². The quantitative estimate of drug-likeness (QED) is 0.485. The summed E-state index contributed by atoms with van der Waals surface area (Å²) >= 11 is 12.6.